The summed E-state index contributed by atoms with van der Waals surface area (Å²) < 4.78 is 5.17. The van der Waals surface area contributed by atoms with Crippen molar-refractivity contribution in [1.29, 1.82) is 0 Å². The molecule has 2 N–H and O–H groups in total. The van der Waals surface area contributed by atoms with E-state index in [1.54, 1.807) is 0 Å². The van der Waals surface area contributed by atoms with Crippen LogP contribution in [0.15, 0.2) is 0 Å². The molecule has 1 unspecified atom stereocenters. The van der Waals surface area contributed by atoms with Gasteiger partial charge in [0, 0.05) is 18.5 Å². The summed E-state index contributed by atoms with van der Waals surface area (Å²) in [6, 6.07) is 0. The molecule has 0 saturated heterocycles. The molecule has 0 aromatic heterocycles. The molecule has 0 saturated carbocycles. The number of hydrogen-bond donors (Lipinski definition) is 2. The van der Waals surface area contributed by atoms with Gasteiger partial charge in [0.15, 0.2) is 0 Å². The summed E-state index contributed by atoms with van der Waals surface area (Å²) in [4.78, 5) is 0. The third-order valence-corrected chi connectivity index (χ3v) is 2.01. The molecule has 0 bridgehead atoms. The highest BCUT2D eigenvalue weighted by atomic mass is 79.9. The van der Waals surface area contributed by atoms with Crippen molar-refractivity contribution in [3.63, 3.8) is 0 Å². The van der Waals surface area contributed by atoms with Crippen LogP contribution in [0.25, 0.3) is 0 Å². The quantitative estimate of drug-likeness (QED) is 0.490. The number of rotatable bonds is 8. The summed E-state index contributed by atoms with van der Waals surface area (Å²) >= 11 is 3.32. The largest absolute Gasteiger partial charge is 0.396 e. The van der Waals surface area contributed by atoms with Gasteiger partial charge in [-0.15, -0.1) is 0 Å². The number of unbranched alkanes of at least 4 members (excludes halogenated alkanes) is 1. The Morgan fingerprint density at radius 3 is 2.67 bits per heavy atom. The van der Waals surface area contributed by atoms with E-state index in [4.69, 9.17) is 14.9 Å². The first-order valence-corrected chi connectivity index (χ1v) is 5.36. The number of hydrogen-bond acceptors (Lipinski definition) is 3. The molecule has 0 heterocycles. The van der Waals surface area contributed by atoms with Crippen LogP contribution in [0.2, 0.25) is 0 Å². The van der Waals surface area contributed by atoms with Crippen LogP contribution < -0.4 is 0 Å². The normalized spacial score (nSPS) is 13.2. The molecule has 0 aliphatic rings. The second-order valence-electron chi connectivity index (χ2n) is 2.64. The van der Waals surface area contributed by atoms with E-state index in [0.29, 0.717) is 19.6 Å². The van der Waals surface area contributed by atoms with E-state index in [2.05, 4.69) is 15.9 Å². The van der Waals surface area contributed by atoms with Gasteiger partial charge in [0.1, 0.15) is 0 Å². The molecule has 0 aliphatic heterocycles. The van der Waals surface area contributed by atoms with Crippen molar-refractivity contribution in [1.82, 2.24) is 0 Å². The van der Waals surface area contributed by atoms with Gasteiger partial charge in [-0.05, 0) is 19.3 Å². The summed E-state index contributed by atoms with van der Waals surface area (Å²) in [6.07, 6.45) is 1.99. The molecule has 0 rings (SSSR count). The topological polar surface area (TPSA) is 49.7 Å². The van der Waals surface area contributed by atoms with E-state index in [1.165, 1.54) is 0 Å². The van der Waals surface area contributed by atoms with Gasteiger partial charge in [-0.1, -0.05) is 15.9 Å². The van der Waals surface area contributed by atoms with Crippen molar-refractivity contribution < 1.29 is 14.9 Å². The van der Waals surface area contributed by atoms with Crippen LogP contribution in [-0.4, -0.2) is 41.5 Å². The molecule has 0 aliphatic carbocycles. The highest BCUT2D eigenvalue weighted by Gasteiger charge is 2.01. The molecule has 0 radical (unpaired) electrons. The Morgan fingerprint density at radius 1 is 1.33 bits per heavy atom. The fraction of sp³-hybridized carbons (Fsp3) is 1.00. The Labute approximate surface area is 81.9 Å². The van der Waals surface area contributed by atoms with E-state index >= 15 is 0 Å². The molecule has 4 heteroatoms. The third kappa shape index (κ3) is 8.46. The zero-order valence-corrected chi connectivity index (χ0v) is 8.79. The maximum atomic E-state index is 9.11. The van der Waals surface area contributed by atoms with Crippen molar-refractivity contribution in [2.45, 2.75) is 25.4 Å². The highest BCUT2D eigenvalue weighted by molar-refractivity contribution is 9.09. The Balaban J connectivity index is 2.97. The van der Waals surface area contributed by atoms with Crippen molar-refractivity contribution >= 4 is 15.9 Å². The van der Waals surface area contributed by atoms with Crippen LogP contribution in [0.3, 0.4) is 0 Å². The summed E-state index contributed by atoms with van der Waals surface area (Å²) in [5, 5.41) is 18.6. The summed E-state index contributed by atoms with van der Waals surface area (Å²) in [5.74, 6) is 0. The minimum Gasteiger partial charge on any atom is -0.396 e. The fourth-order valence-electron chi connectivity index (χ4n) is 0.750. The van der Waals surface area contributed by atoms with Gasteiger partial charge in [-0.3, -0.25) is 0 Å². The lowest BCUT2D eigenvalue weighted by molar-refractivity contribution is 0.0233. The van der Waals surface area contributed by atoms with Crippen LogP contribution in [-0.2, 0) is 4.74 Å². The number of ether oxygens (including phenoxy) is 1. The standard InChI is InChI=1S/C8H17BrO3/c9-4-1-2-6-12-7-8(11)3-5-10/h8,10-11H,1-7H2. The summed E-state index contributed by atoms with van der Waals surface area (Å²) in [6.45, 7) is 1.04. The average molecular weight is 241 g/mol. The van der Waals surface area contributed by atoms with E-state index < -0.39 is 6.10 Å². The lowest BCUT2D eigenvalue weighted by atomic mass is 10.3. The molecular formula is C8H17BrO3. The van der Waals surface area contributed by atoms with E-state index in [9.17, 15) is 0 Å². The first kappa shape index (κ1) is 12.4. The molecule has 0 spiro atoms. The first-order chi connectivity index (χ1) is 5.81. The van der Waals surface area contributed by atoms with Gasteiger partial charge in [0.2, 0.25) is 0 Å². The maximum absolute atomic E-state index is 9.11. The number of alkyl halides is 1. The van der Waals surface area contributed by atoms with E-state index in [0.717, 1.165) is 18.2 Å². The minimum atomic E-state index is -0.515. The Hall–Kier alpha value is 0.360. The SMILES string of the molecule is OCCC(O)COCCCCBr. The molecule has 3 nitrogen and oxygen atoms in total. The monoisotopic (exact) mass is 240 g/mol. The second kappa shape index (κ2) is 9.45. The van der Waals surface area contributed by atoms with E-state index in [-0.39, 0.29) is 6.61 Å². The van der Waals surface area contributed by atoms with Crippen LogP contribution >= 0.6 is 15.9 Å². The summed E-state index contributed by atoms with van der Waals surface area (Å²) in [5.41, 5.74) is 0. The zero-order valence-electron chi connectivity index (χ0n) is 7.21. The van der Waals surface area contributed by atoms with Gasteiger partial charge < -0.3 is 14.9 Å². The first-order valence-electron chi connectivity index (χ1n) is 4.24. The minimum absolute atomic E-state index is 0.0198. The van der Waals surface area contributed by atoms with Crippen molar-refractivity contribution in [2.75, 3.05) is 25.2 Å². The zero-order chi connectivity index (χ0) is 9.23. The number of aliphatic hydroxyl groups excluding tert-OH is 2. The Kier molecular flexibility index (Phi) is 9.73. The fourth-order valence-corrected chi connectivity index (χ4v) is 1.15. The molecule has 0 fully saturated rings. The Bertz CT molecular complexity index is 90.4. The van der Waals surface area contributed by atoms with Crippen LogP contribution in [0.4, 0.5) is 0 Å². The van der Waals surface area contributed by atoms with Gasteiger partial charge in [0.05, 0.1) is 12.7 Å². The van der Waals surface area contributed by atoms with Crippen LogP contribution in [0.5, 0.6) is 0 Å². The van der Waals surface area contributed by atoms with Gasteiger partial charge in [-0.2, -0.15) is 0 Å². The second-order valence-corrected chi connectivity index (χ2v) is 3.43. The molecule has 0 aromatic carbocycles. The van der Waals surface area contributed by atoms with E-state index in [1.807, 2.05) is 0 Å². The highest BCUT2D eigenvalue weighted by Crippen LogP contribution is 1.96. The van der Waals surface area contributed by atoms with Gasteiger partial charge >= 0.3 is 0 Å². The predicted molar refractivity (Wildman–Crippen MR) is 51.6 cm³/mol. The number of aliphatic hydroxyl groups is 2. The van der Waals surface area contributed by atoms with Gasteiger partial charge in [-0.25, -0.2) is 0 Å². The molecule has 12 heavy (non-hydrogen) atoms. The predicted octanol–water partition coefficient (Wildman–Crippen LogP) is 0.921. The lowest BCUT2D eigenvalue weighted by Crippen LogP contribution is -2.17. The van der Waals surface area contributed by atoms with Crippen LogP contribution in [0, 0.1) is 0 Å². The van der Waals surface area contributed by atoms with Crippen molar-refractivity contribution in [3.05, 3.63) is 0 Å². The Morgan fingerprint density at radius 2 is 2.08 bits per heavy atom. The van der Waals surface area contributed by atoms with Gasteiger partial charge in [0.25, 0.3) is 0 Å². The molecule has 0 amide bonds. The molecule has 1 atom stereocenters. The van der Waals surface area contributed by atoms with Crippen molar-refractivity contribution in [3.8, 4) is 0 Å². The molecular weight excluding hydrogens is 224 g/mol. The average Bonchev–Trinajstić information content (AvgIpc) is 2.05. The smallest absolute Gasteiger partial charge is 0.0795 e. The lowest BCUT2D eigenvalue weighted by Gasteiger charge is -2.08. The molecule has 74 valence electrons. The maximum Gasteiger partial charge on any atom is 0.0795 e. The summed E-state index contributed by atoms with van der Waals surface area (Å²) in [7, 11) is 0. The van der Waals surface area contributed by atoms with Crippen LogP contribution in [0.1, 0.15) is 19.3 Å². The third-order valence-electron chi connectivity index (χ3n) is 1.44. The number of halogens is 1. The molecule has 0 aromatic rings. The van der Waals surface area contributed by atoms with Crippen molar-refractivity contribution in [2.24, 2.45) is 0 Å².